The Morgan fingerprint density at radius 1 is 1.39 bits per heavy atom. The molecule has 0 aliphatic carbocycles. The van der Waals surface area contributed by atoms with Crippen molar-refractivity contribution in [2.45, 2.75) is 26.4 Å². The number of rotatable bonds is 4. The van der Waals surface area contributed by atoms with E-state index in [2.05, 4.69) is 4.98 Å². The maximum Gasteiger partial charge on any atom is 0.417 e. The van der Waals surface area contributed by atoms with Crippen LogP contribution in [0.5, 0.6) is 0 Å². The molecule has 2 rings (SSSR count). The minimum atomic E-state index is -0.638. The number of carbonyl (C=O) groups is 2. The molecule has 0 bridgehead atoms. The topological polar surface area (TPSA) is 59.5 Å². The predicted octanol–water partition coefficient (Wildman–Crippen LogP) is 1.63. The SMILES string of the molecule is CC(C)C1OC(=O)N(CCc2ccccn2)C1=O. The van der Waals surface area contributed by atoms with Crippen molar-refractivity contribution >= 4 is 12.0 Å². The molecule has 1 unspecified atom stereocenters. The number of amides is 2. The molecular formula is C13H16N2O3. The third-order valence-electron chi connectivity index (χ3n) is 2.88. The maximum absolute atomic E-state index is 11.9. The molecule has 0 N–H and O–H groups in total. The van der Waals surface area contributed by atoms with Crippen molar-refractivity contribution < 1.29 is 14.3 Å². The molecule has 0 radical (unpaired) electrons. The highest BCUT2D eigenvalue weighted by molar-refractivity contribution is 6.00. The van der Waals surface area contributed by atoms with Gasteiger partial charge in [-0.05, 0) is 18.1 Å². The monoisotopic (exact) mass is 248 g/mol. The Morgan fingerprint density at radius 3 is 2.72 bits per heavy atom. The molecule has 2 amide bonds. The Hall–Kier alpha value is -1.91. The molecule has 2 heterocycles. The standard InChI is InChI=1S/C13H16N2O3/c1-9(2)11-12(16)15(13(17)18-11)8-6-10-5-3-4-7-14-10/h3-5,7,9,11H,6,8H2,1-2H3. The van der Waals surface area contributed by atoms with Crippen molar-refractivity contribution in [3.05, 3.63) is 30.1 Å². The fraction of sp³-hybridized carbons (Fsp3) is 0.462. The number of nitrogens with zero attached hydrogens (tertiary/aromatic N) is 2. The summed E-state index contributed by atoms with van der Waals surface area (Å²) < 4.78 is 5.05. The molecule has 5 heteroatoms. The van der Waals surface area contributed by atoms with Gasteiger partial charge >= 0.3 is 6.09 Å². The zero-order valence-electron chi connectivity index (χ0n) is 10.5. The van der Waals surface area contributed by atoms with E-state index in [1.165, 1.54) is 4.90 Å². The predicted molar refractivity (Wildman–Crippen MR) is 64.8 cm³/mol. The van der Waals surface area contributed by atoms with Crippen molar-refractivity contribution in [2.75, 3.05) is 6.54 Å². The summed E-state index contributed by atoms with van der Waals surface area (Å²) in [5.74, 6) is -0.243. The number of carbonyl (C=O) groups excluding carboxylic acids is 2. The maximum atomic E-state index is 11.9. The van der Waals surface area contributed by atoms with Gasteiger partial charge in [-0.25, -0.2) is 9.69 Å². The van der Waals surface area contributed by atoms with E-state index < -0.39 is 12.2 Å². The lowest BCUT2D eigenvalue weighted by Crippen LogP contribution is -2.34. The van der Waals surface area contributed by atoms with Crippen LogP contribution < -0.4 is 0 Å². The van der Waals surface area contributed by atoms with Crippen LogP contribution in [0.4, 0.5) is 4.79 Å². The van der Waals surface area contributed by atoms with Crippen LogP contribution in [0.15, 0.2) is 24.4 Å². The molecule has 1 atom stereocenters. The first-order valence-corrected chi connectivity index (χ1v) is 6.01. The van der Waals surface area contributed by atoms with Crippen LogP contribution in [0, 0.1) is 5.92 Å². The van der Waals surface area contributed by atoms with Crippen LogP contribution in [-0.4, -0.2) is 34.5 Å². The molecule has 1 aromatic rings. The molecule has 1 aliphatic heterocycles. The van der Waals surface area contributed by atoms with Crippen LogP contribution in [0.25, 0.3) is 0 Å². The number of ether oxygens (including phenoxy) is 1. The summed E-state index contributed by atoms with van der Waals surface area (Å²) in [7, 11) is 0. The highest BCUT2D eigenvalue weighted by Gasteiger charge is 2.41. The molecule has 1 fully saturated rings. The van der Waals surface area contributed by atoms with E-state index in [1.807, 2.05) is 32.0 Å². The van der Waals surface area contributed by atoms with Gasteiger partial charge in [0, 0.05) is 24.9 Å². The Labute approximate surface area is 106 Å². The first kappa shape index (κ1) is 12.5. The number of aromatic nitrogens is 1. The van der Waals surface area contributed by atoms with Gasteiger partial charge in [0.25, 0.3) is 5.91 Å². The molecule has 0 spiro atoms. The van der Waals surface area contributed by atoms with Crippen LogP contribution in [0.1, 0.15) is 19.5 Å². The lowest BCUT2D eigenvalue weighted by molar-refractivity contribution is -0.131. The van der Waals surface area contributed by atoms with Gasteiger partial charge in [0.05, 0.1) is 0 Å². The average molecular weight is 248 g/mol. The Morgan fingerprint density at radius 2 is 2.17 bits per heavy atom. The highest BCUT2D eigenvalue weighted by atomic mass is 16.6. The van der Waals surface area contributed by atoms with Gasteiger partial charge in [0.2, 0.25) is 0 Å². The fourth-order valence-corrected chi connectivity index (χ4v) is 1.86. The average Bonchev–Trinajstić information content (AvgIpc) is 2.64. The molecule has 0 aromatic carbocycles. The molecule has 1 aliphatic rings. The Balaban J connectivity index is 1.98. The normalized spacial score (nSPS) is 19.5. The number of cyclic esters (lactones) is 1. The molecule has 18 heavy (non-hydrogen) atoms. The van der Waals surface area contributed by atoms with E-state index in [4.69, 9.17) is 4.74 Å². The van der Waals surface area contributed by atoms with E-state index in [0.717, 1.165) is 5.69 Å². The van der Waals surface area contributed by atoms with Gasteiger partial charge in [-0.1, -0.05) is 19.9 Å². The van der Waals surface area contributed by atoms with Gasteiger partial charge in [-0.15, -0.1) is 0 Å². The summed E-state index contributed by atoms with van der Waals surface area (Å²) in [6.07, 6.45) is 1.05. The summed E-state index contributed by atoms with van der Waals surface area (Å²) in [5, 5.41) is 0. The van der Waals surface area contributed by atoms with Crippen LogP contribution in [0.2, 0.25) is 0 Å². The van der Waals surface area contributed by atoms with Crippen LogP contribution >= 0.6 is 0 Å². The van der Waals surface area contributed by atoms with E-state index in [-0.39, 0.29) is 11.8 Å². The minimum Gasteiger partial charge on any atom is -0.435 e. The largest absolute Gasteiger partial charge is 0.435 e. The van der Waals surface area contributed by atoms with E-state index in [0.29, 0.717) is 13.0 Å². The molecule has 0 saturated carbocycles. The second kappa shape index (κ2) is 5.16. The summed E-state index contributed by atoms with van der Waals surface area (Å²) in [5.41, 5.74) is 0.853. The van der Waals surface area contributed by atoms with Gasteiger partial charge in [-0.3, -0.25) is 9.78 Å². The van der Waals surface area contributed by atoms with Gasteiger partial charge in [-0.2, -0.15) is 0 Å². The lowest BCUT2D eigenvalue weighted by atomic mass is 10.1. The fourth-order valence-electron chi connectivity index (χ4n) is 1.86. The van der Waals surface area contributed by atoms with Gasteiger partial charge < -0.3 is 4.74 Å². The molecule has 1 saturated heterocycles. The Kier molecular flexibility index (Phi) is 3.60. The number of hydrogen-bond donors (Lipinski definition) is 0. The van der Waals surface area contributed by atoms with Gasteiger partial charge in [0.15, 0.2) is 6.10 Å². The Bertz CT molecular complexity index is 445. The third kappa shape index (κ3) is 2.50. The molecule has 96 valence electrons. The van der Waals surface area contributed by atoms with Gasteiger partial charge in [0.1, 0.15) is 0 Å². The summed E-state index contributed by atoms with van der Waals surface area (Å²) >= 11 is 0. The second-order valence-corrected chi connectivity index (χ2v) is 4.61. The first-order valence-electron chi connectivity index (χ1n) is 6.01. The summed E-state index contributed by atoms with van der Waals surface area (Å²) in [4.78, 5) is 28.8. The summed E-state index contributed by atoms with van der Waals surface area (Å²) in [6.45, 7) is 4.04. The first-order chi connectivity index (χ1) is 8.59. The van der Waals surface area contributed by atoms with Crippen molar-refractivity contribution in [1.29, 1.82) is 0 Å². The van der Waals surface area contributed by atoms with Crippen molar-refractivity contribution in [1.82, 2.24) is 9.88 Å². The van der Waals surface area contributed by atoms with Crippen molar-refractivity contribution in [3.63, 3.8) is 0 Å². The molecule has 1 aromatic heterocycles. The lowest BCUT2D eigenvalue weighted by Gasteiger charge is -2.12. The smallest absolute Gasteiger partial charge is 0.417 e. The van der Waals surface area contributed by atoms with Crippen LogP contribution in [-0.2, 0) is 16.0 Å². The summed E-state index contributed by atoms with van der Waals surface area (Å²) in [6, 6.07) is 5.57. The molecule has 5 nitrogen and oxygen atoms in total. The van der Waals surface area contributed by atoms with Crippen molar-refractivity contribution in [2.24, 2.45) is 5.92 Å². The number of pyridine rings is 1. The number of hydrogen-bond acceptors (Lipinski definition) is 4. The second-order valence-electron chi connectivity index (χ2n) is 4.61. The van der Waals surface area contributed by atoms with Crippen molar-refractivity contribution in [3.8, 4) is 0 Å². The molecular weight excluding hydrogens is 232 g/mol. The van der Waals surface area contributed by atoms with E-state index >= 15 is 0 Å². The van der Waals surface area contributed by atoms with Crippen LogP contribution in [0.3, 0.4) is 0 Å². The zero-order chi connectivity index (χ0) is 13.1. The minimum absolute atomic E-state index is 0.00120. The third-order valence-corrected chi connectivity index (χ3v) is 2.88. The van der Waals surface area contributed by atoms with E-state index in [1.54, 1.807) is 6.20 Å². The number of imide groups is 1. The quantitative estimate of drug-likeness (QED) is 0.812. The zero-order valence-corrected chi connectivity index (χ0v) is 10.5. The van der Waals surface area contributed by atoms with E-state index in [9.17, 15) is 9.59 Å². The highest BCUT2D eigenvalue weighted by Crippen LogP contribution is 2.19.